The average molecular weight is 434 g/mol. The Balaban J connectivity index is 1.98. The number of halogens is 1. The lowest BCUT2D eigenvalue weighted by atomic mass is 9.94. The first kappa shape index (κ1) is 20.6. The summed E-state index contributed by atoms with van der Waals surface area (Å²) in [5.41, 5.74) is 1.45. The van der Waals surface area contributed by atoms with Gasteiger partial charge in [-0.15, -0.1) is 6.58 Å². The van der Waals surface area contributed by atoms with Crippen LogP contribution in [0.4, 0.5) is 5.69 Å². The van der Waals surface area contributed by atoms with Crippen LogP contribution >= 0.6 is 23.8 Å². The number of aromatic nitrogens is 2. The van der Waals surface area contributed by atoms with Crippen molar-refractivity contribution in [3.8, 4) is 11.3 Å². The van der Waals surface area contributed by atoms with Crippen LogP contribution in [0.25, 0.3) is 11.3 Å². The predicted molar refractivity (Wildman–Crippen MR) is 110 cm³/mol. The van der Waals surface area contributed by atoms with E-state index in [2.05, 4.69) is 17.0 Å². The fourth-order valence-electron chi connectivity index (χ4n) is 3.05. The molecule has 0 radical (unpaired) electrons. The first-order valence-corrected chi connectivity index (χ1v) is 9.26. The summed E-state index contributed by atoms with van der Waals surface area (Å²) in [5, 5.41) is 18.1. The van der Waals surface area contributed by atoms with E-state index in [1.807, 2.05) is 0 Å². The summed E-state index contributed by atoms with van der Waals surface area (Å²) in [4.78, 5) is 36.9. The van der Waals surface area contributed by atoms with Crippen molar-refractivity contribution >= 4 is 46.4 Å². The Morgan fingerprint density at radius 3 is 2.62 bits per heavy atom. The number of non-ortho nitro benzene ring substituents is 1. The molecule has 1 aliphatic heterocycles. The molecule has 2 heterocycles. The third kappa shape index (κ3) is 3.89. The number of aryl methyl sites for hydroxylation is 1. The fraction of sp³-hybridized carbons (Fsp3) is 0.222. The van der Waals surface area contributed by atoms with E-state index >= 15 is 0 Å². The van der Waals surface area contributed by atoms with E-state index in [1.54, 1.807) is 19.2 Å². The van der Waals surface area contributed by atoms with E-state index < -0.39 is 22.7 Å². The number of thiocarbonyl (C=S) groups is 1. The molecule has 0 aliphatic carbocycles. The van der Waals surface area contributed by atoms with Gasteiger partial charge >= 0.3 is 0 Å². The number of nitrogens with zero attached hydrogens (tertiary/aromatic N) is 4. The maximum absolute atomic E-state index is 12.8. The van der Waals surface area contributed by atoms with Gasteiger partial charge in [-0.05, 0) is 30.8 Å². The van der Waals surface area contributed by atoms with E-state index in [0.717, 1.165) is 0 Å². The highest BCUT2D eigenvalue weighted by Crippen LogP contribution is 2.32. The lowest BCUT2D eigenvalue weighted by Gasteiger charge is -2.31. The van der Waals surface area contributed by atoms with Gasteiger partial charge in [0.2, 0.25) is 11.8 Å². The van der Waals surface area contributed by atoms with Crippen molar-refractivity contribution in [3.05, 3.63) is 57.8 Å². The second-order valence-electron chi connectivity index (χ2n) is 6.33. The molecule has 1 aliphatic rings. The number of nitro groups is 1. The zero-order valence-corrected chi connectivity index (χ0v) is 16.9. The first-order chi connectivity index (χ1) is 13.7. The van der Waals surface area contributed by atoms with Crippen molar-refractivity contribution in [2.75, 3.05) is 6.54 Å². The van der Waals surface area contributed by atoms with Crippen LogP contribution < -0.4 is 5.32 Å². The fourth-order valence-corrected chi connectivity index (χ4v) is 3.52. The predicted octanol–water partition coefficient (Wildman–Crippen LogP) is 2.24. The van der Waals surface area contributed by atoms with Crippen LogP contribution in [-0.2, 0) is 23.1 Å². The molecule has 0 bridgehead atoms. The lowest BCUT2D eigenvalue weighted by Crippen LogP contribution is -2.58. The number of nitro benzene ring substituents is 1. The lowest BCUT2D eigenvalue weighted by molar-refractivity contribution is -0.384. The third-order valence-corrected chi connectivity index (χ3v) is 5.29. The van der Waals surface area contributed by atoms with Crippen LogP contribution in [0.15, 0.2) is 36.9 Å². The van der Waals surface area contributed by atoms with Gasteiger partial charge in [-0.3, -0.25) is 29.3 Å². The average Bonchev–Trinajstić information content (AvgIpc) is 2.96. The molecule has 1 saturated heterocycles. The molecule has 1 fully saturated rings. The summed E-state index contributed by atoms with van der Waals surface area (Å²) in [6, 6.07) is 5.79. The standard InChI is InChI=1S/C18H16ClN5O4S/c1-3-8-23-17(26)13(16(25)20-18(23)29)9-12-14(21-22(2)15(12)19)10-4-6-11(7-5-10)24(27)28/h3-7,13H,1,8-9H2,2H3,(H,20,25,29). The van der Waals surface area contributed by atoms with E-state index in [1.165, 1.54) is 27.8 Å². The highest BCUT2D eigenvalue weighted by atomic mass is 35.5. The Hall–Kier alpha value is -3.11. The number of hydrogen-bond donors (Lipinski definition) is 1. The molecule has 1 unspecified atom stereocenters. The number of hydrogen-bond acceptors (Lipinski definition) is 6. The highest BCUT2D eigenvalue weighted by molar-refractivity contribution is 7.80. The van der Waals surface area contributed by atoms with Crippen LogP contribution in [0.2, 0.25) is 5.15 Å². The number of carbonyl (C=O) groups excluding carboxylic acids is 2. The molecular formula is C18H16ClN5O4S. The Bertz CT molecular complexity index is 1030. The SMILES string of the molecule is C=CCN1C(=O)C(Cc2c(-c3ccc([N+](=O)[O-])cc3)nn(C)c2Cl)C(=O)NC1=S. The minimum Gasteiger partial charge on any atom is -0.302 e. The van der Waals surface area contributed by atoms with Crippen molar-refractivity contribution in [2.24, 2.45) is 13.0 Å². The number of carbonyl (C=O) groups is 2. The molecule has 11 heteroatoms. The quantitative estimate of drug-likeness (QED) is 0.246. The Morgan fingerprint density at radius 2 is 2.03 bits per heavy atom. The minimum atomic E-state index is -1.04. The van der Waals surface area contributed by atoms with E-state index in [4.69, 9.17) is 23.8 Å². The molecule has 29 heavy (non-hydrogen) atoms. The van der Waals surface area contributed by atoms with Gasteiger partial charge in [0.15, 0.2) is 5.11 Å². The summed E-state index contributed by atoms with van der Waals surface area (Å²) < 4.78 is 1.42. The Morgan fingerprint density at radius 1 is 1.38 bits per heavy atom. The number of nitrogens with one attached hydrogen (secondary N) is 1. The van der Waals surface area contributed by atoms with Gasteiger partial charge in [-0.1, -0.05) is 17.7 Å². The van der Waals surface area contributed by atoms with Crippen LogP contribution in [0.5, 0.6) is 0 Å². The largest absolute Gasteiger partial charge is 0.302 e. The molecule has 3 rings (SSSR count). The number of amides is 2. The summed E-state index contributed by atoms with van der Waals surface area (Å²) >= 11 is 11.4. The zero-order valence-electron chi connectivity index (χ0n) is 15.3. The van der Waals surface area contributed by atoms with Gasteiger partial charge < -0.3 is 5.32 Å². The van der Waals surface area contributed by atoms with Crippen molar-refractivity contribution in [1.29, 1.82) is 0 Å². The van der Waals surface area contributed by atoms with Crippen molar-refractivity contribution in [3.63, 3.8) is 0 Å². The van der Waals surface area contributed by atoms with E-state index in [9.17, 15) is 19.7 Å². The van der Waals surface area contributed by atoms with Gasteiger partial charge in [0.25, 0.3) is 5.69 Å². The third-order valence-electron chi connectivity index (χ3n) is 4.50. The van der Waals surface area contributed by atoms with Crippen LogP contribution in [0.3, 0.4) is 0 Å². The van der Waals surface area contributed by atoms with Crippen molar-refractivity contribution in [1.82, 2.24) is 20.0 Å². The molecule has 1 aromatic carbocycles. The monoisotopic (exact) mass is 433 g/mol. The van der Waals surface area contributed by atoms with Gasteiger partial charge in [0.1, 0.15) is 11.1 Å². The first-order valence-electron chi connectivity index (χ1n) is 8.47. The van der Waals surface area contributed by atoms with Crippen molar-refractivity contribution < 1.29 is 14.5 Å². The van der Waals surface area contributed by atoms with Gasteiger partial charge in [0, 0.05) is 36.9 Å². The maximum Gasteiger partial charge on any atom is 0.269 e. The second kappa shape index (κ2) is 8.10. The number of benzene rings is 1. The zero-order chi connectivity index (χ0) is 21.3. The molecule has 150 valence electrons. The summed E-state index contributed by atoms with van der Waals surface area (Å²) in [6.07, 6.45) is 1.51. The van der Waals surface area contributed by atoms with Crippen LogP contribution in [0.1, 0.15) is 5.56 Å². The summed E-state index contributed by atoms with van der Waals surface area (Å²) in [5.74, 6) is -2.01. The van der Waals surface area contributed by atoms with Gasteiger partial charge in [-0.2, -0.15) is 5.10 Å². The molecule has 1 N–H and O–H groups in total. The van der Waals surface area contributed by atoms with Gasteiger partial charge in [-0.25, -0.2) is 0 Å². The van der Waals surface area contributed by atoms with E-state index in [0.29, 0.717) is 16.8 Å². The molecule has 0 spiro atoms. The normalized spacial score (nSPS) is 16.7. The maximum atomic E-state index is 12.8. The topological polar surface area (TPSA) is 110 Å². The summed E-state index contributed by atoms with van der Waals surface area (Å²) in [6.45, 7) is 3.76. The molecule has 1 aromatic heterocycles. The molecule has 2 amide bonds. The van der Waals surface area contributed by atoms with Gasteiger partial charge in [0.05, 0.1) is 10.6 Å². The molecule has 2 aromatic rings. The second-order valence-corrected chi connectivity index (χ2v) is 7.08. The van der Waals surface area contributed by atoms with E-state index in [-0.39, 0.29) is 28.9 Å². The van der Waals surface area contributed by atoms with Crippen molar-refractivity contribution in [2.45, 2.75) is 6.42 Å². The Kier molecular flexibility index (Phi) is 5.76. The summed E-state index contributed by atoms with van der Waals surface area (Å²) in [7, 11) is 1.63. The molecule has 0 saturated carbocycles. The number of rotatable bonds is 6. The Labute approximate surface area is 176 Å². The molecule has 9 nitrogen and oxygen atoms in total. The molecule has 1 atom stereocenters. The van der Waals surface area contributed by atoms with Crippen LogP contribution in [-0.4, -0.2) is 43.1 Å². The van der Waals surface area contributed by atoms with Crippen LogP contribution in [0, 0.1) is 16.0 Å². The highest BCUT2D eigenvalue weighted by Gasteiger charge is 2.39. The molecular weight excluding hydrogens is 418 g/mol. The smallest absolute Gasteiger partial charge is 0.269 e. The minimum absolute atomic E-state index is 0.0000823.